The zero-order valence-electron chi connectivity index (χ0n) is 16.5. The molecule has 1 fully saturated rings. The standard InChI is InChI=1S/C23H22N2O3S/c1-14-10-15(2)21-20(11-14)29-23(24-21)25(13-17-7-5-9-27-17)22(26)19-12-16-6-3-4-8-18(16)28-19/h3-4,6,8,10-12,17H,5,7,9,13H2,1-2H3/t17-/m1/s1. The minimum atomic E-state index is -0.176. The van der Waals surface area contributed by atoms with Crippen LogP contribution in [-0.4, -0.2) is 30.1 Å². The minimum Gasteiger partial charge on any atom is -0.451 e. The summed E-state index contributed by atoms with van der Waals surface area (Å²) in [5.41, 5.74) is 3.98. The fraction of sp³-hybridized carbons (Fsp3) is 0.304. The first-order chi connectivity index (χ1) is 14.1. The van der Waals surface area contributed by atoms with Crippen molar-refractivity contribution in [2.45, 2.75) is 32.8 Å². The number of benzene rings is 2. The first-order valence-electron chi connectivity index (χ1n) is 9.88. The maximum absolute atomic E-state index is 13.5. The van der Waals surface area contributed by atoms with Crippen molar-refractivity contribution in [2.24, 2.45) is 0 Å². The number of furan rings is 1. The number of aryl methyl sites for hydroxylation is 2. The zero-order valence-corrected chi connectivity index (χ0v) is 17.3. The van der Waals surface area contributed by atoms with Crippen molar-refractivity contribution in [3.05, 3.63) is 59.4 Å². The molecule has 5 nitrogen and oxygen atoms in total. The van der Waals surface area contributed by atoms with Gasteiger partial charge in [0.2, 0.25) is 0 Å². The number of aromatic nitrogens is 1. The second kappa shape index (κ2) is 7.28. The quantitative estimate of drug-likeness (QED) is 0.450. The van der Waals surface area contributed by atoms with Crippen LogP contribution < -0.4 is 4.90 Å². The second-order valence-corrected chi connectivity index (χ2v) is 8.63. The minimum absolute atomic E-state index is 0.0261. The van der Waals surface area contributed by atoms with E-state index in [1.807, 2.05) is 30.3 Å². The third-order valence-corrected chi connectivity index (χ3v) is 6.37. The summed E-state index contributed by atoms with van der Waals surface area (Å²) in [5, 5.41) is 1.61. The molecule has 3 heterocycles. The highest BCUT2D eigenvalue weighted by Crippen LogP contribution is 2.33. The Morgan fingerprint density at radius 2 is 2.10 bits per heavy atom. The van der Waals surface area contributed by atoms with Gasteiger partial charge in [-0.15, -0.1) is 0 Å². The first-order valence-corrected chi connectivity index (χ1v) is 10.7. The Morgan fingerprint density at radius 3 is 2.90 bits per heavy atom. The summed E-state index contributed by atoms with van der Waals surface area (Å²) in [5.74, 6) is 0.154. The summed E-state index contributed by atoms with van der Waals surface area (Å²) in [6, 6.07) is 13.7. The highest BCUT2D eigenvalue weighted by molar-refractivity contribution is 7.22. The van der Waals surface area contributed by atoms with Crippen molar-refractivity contribution in [2.75, 3.05) is 18.1 Å². The summed E-state index contributed by atoms with van der Waals surface area (Å²) in [6.45, 7) is 5.36. The maximum Gasteiger partial charge on any atom is 0.295 e. The van der Waals surface area contributed by atoms with Gasteiger partial charge < -0.3 is 9.15 Å². The van der Waals surface area contributed by atoms with Crippen LogP contribution in [0.25, 0.3) is 21.2 Å². The van der Waals surface area contributed by atoms with Crippen LogP contribution in [0.2, 0.25) is 0 Å². The molecule has 1 amide bonds. The molecule has 1 saturated heterocycles. The molecule has 6 heteroatoms. The largest absolute Gasteiger partial charge is 0.451 e. The van der Waals surface area contributed by atoms with Gasteiger partial charge in [0, 0.05) is 12.0 Å². The number of fused-ring (bicyclic) bond motifs is 2. The third-order valence-electron chi connectivity index (χ3n) is 5.34. The van der Waals surface area contributed by atoms with Gasteiger partial charge in [0.25, 0.3) is 5.91 Å². The summed E-state index contributed by atoms with van der Waals surface area (Å²) in [7, 11) is 0. The molecular weight excluding hydrogens is 384 g/mol. The molecule has 1 atom stereocenters. The average molecular weight is 407 g/mol. The summed E-state index contributed by atoms with van der Waals surface area (Å²) < 4.78 is 12.8. The highest BCUT2D eigenvalue weighted by atomic mass is 32.1. The number of hydrogen-bond acceptors (Lipinski definition) is 5. The van der Waals surface area contributed by atoms with Crippen molar-refractivity contribution in [1.29, 1.82) is 0 Å². The van der Waals surface area contributed by atoms with Crippen molar-refractivity contribution in [3.8, 4) is 0 Å². The molecule has 4 aromatic rings. The van der Waals surface area contributed by atoms with Crippen LogP contribution in [0.4, 0.5) is 5.13 Å². The Balaban J connectivity index is 1.57. The number of rotatable bonds is 4. The van der Waals surface area contributed by atoms with Crippen molar-refractivity contribution in [3.63, 3.8) is 0 Å². The van der Waals surface area contributed by atoms with Crippen LogP contribution in [-0.2, 0) is 4.74 Å². The smallest absolute Gasteiger partial charge is 0.295 e. The Hall–Kier alpha value is -2.70. The Bertz CT molecular complexity index is 1170. The first kappa shape index (κ1) is 18.3. The molecule has 0 spiro atoms. The number of anilines is 1. The lowest BCUT2D eigenvalue weighted by Crippen LogP contribution is -2.37. The highest BCUT2D eigenvalue weighted by Gasteiger charge is 2.29. The lowest BCUT2D eigenvalue weighted by Gasteiger charge is -2.22. The predicted molar refractivity (Wildman–Crippen MR) is 116 cm³/mol. The van der Waals surface area contributed by atoms with Gasteiger partial charge in [-0.05, 0) is 56.0 Å². The number of thiazole rings is 1. The van der Waals surface area contributed by atoms with E-state index in [4.69, 9.17) is 14.1 Å². The molecule has 29 heavy (non-hydrogen) atoms. The molecule has 148 valence electrons. The number of carbonyl (C=O) groups excluding carboxylic acids is 1. The van der Waals surface area contributed by atoms with Crippen molar-refractivity contribution < 1.29 is 13.9 Å². The normalized spacial score (nSPS) is 16.7. The van der Waals surface area contributed by atoms with E-state index in [1.165, 1.54) is 5.56 Å². The van der Waals surface area contributed by atoms with Crippen LogP contribution in [0.5, 0.6) is 0 Å². The van der Waals surface area contributed by atoms with E-state index >= 15 is 0 Å². The molecule has 0 radical (unpaired) electrons. The number of ether oxygens (including phenoxy) is 1. The molecule has 0 N–H and O–H groups in total. The molecular formula is C23H22N2O3S. The predicted octanol–water partition coefficient (Wildman–Crippen LogP) is 5.49. The lowest BCUT2D eigenvalue weighted by molar-refractivity contribution is 0.0896. The van der Waals surface area contributed by atoms with Crippen molar-refractivity contribution >= 4 is 43.6 Å². The van der Waals surface area contributed by atoms with E-state index in [2.05, 4.69) is 26.0 Å². The van der Waals surface area contributed by atoms with E-state index in [9.17, 15) is 4.79 Å². The van der Waals surface area contributed by atoms with Gasteiger partial charge >= 0.3 is 0 Å². The van der Waals surface area contributed by atoms with Gasteiger partial charge in [0.1, 0.15) is 5.58 Å². The SMILES string of the molecule is Cc1cc(C)c2nc(N(C[C@H]3CCCO3)C(=O)c3cc4ccccc4o3)sc2c1. The fourth-order valence-electron chi connectivity index (χ4n) is 3.93. The van der Waals surface area contributed by atoms with Crippen LogP contribution in [0, 0.1) is 13.8 Å². The topological polar surface area (TPSA) is 55.6 Å². The molecule has 0 aliphatic carbocycles. The third kappa shape index (κ3) is 3.43. The summed E-state index contributed by atoms with van der Waals surface area (Å²) in [6.07, 6.45) is 2.00. The number of carbonyl (C=O) groups is 1. The molecule has 0 unspecified atom stereocenters. The molecule has 1 aliphatic heterocycles. The van der Waals surface area contributed by atoms with Gasteiger partial charge in [-0.2, -0.15) is 0 Å². The number of nitrogens with zero attached hydrogens (tertiary/aromatic N) is 2. The van der Waals surface area contributed by atoms with Crippen LogP contribution in [0.3, 0.4) is 0 Å². The van der Waals surface area contributed by atoms with Gasteiger partial charge in [-0.3, -0.25) is 9.69 Å². The Kier molecular flexibility index (Phi) is 4.60. The maximum atomic E-state index is 13.5. The van der Waals surface area contributed by atoms with E-state index in [0.29, 0.717) is 23.0 Å². The number of hydrogen-bond donors (Lipinski definition) is 0. The Labute approximate surface area is 172 Å². The second-order valence-electron chi connectivity index (χ2n) is 7.62. The lowest BCUT2D eigenvalue weighted by atomic mass is 10.1. The van der Waals surface area contributed by atoms with Crippen LogP contribution >= 0.6 is 11.3 Å². The van der Waals surface area contributed by atoms with Crippen LogP contribution in [0.1, 0.15) is 34.5 Å². The van der Waals surface area contributed by atoms with Gasteiger partial charge in [-0.1, -0.05) is 35.6 Å². The fourth-order valence-corrected chi connectivity index (χ4v) is 5.08. The average Bonchev–Trinajstić information content (AvgIpc) is 3.44. The van der Waals surface area contributed by atoms with E-state index in [-0.39, 0.29) is 12.0 Å². The van der Waals surface area contributed by atoms with Gasteiger partial charge in [-0.25, -0.2) is 4.98 Å². The molecule has 0 bridgehead atoms. The molecule has 1 aliphatic rings. The van der Waals surface area contributed by atoms with E-state index in [0.717, 1.165) is 40.6 Å². The number of para-hydroxylation sites is 1. The van der Waals surface area contributed by atoms with E-state index < -0.39 is 0 Å². The zero-order chi connectivity index (χ0) is 20.0. The monoisotopic (exact) mass is 406 g/mol. The Morgan fingerprint density at radius 1 is 1.24 bits per heavy atom. The summed E-state index contributed by atoms with van der Waals surface area (Å²) in [4.78, 5) is 20.0. The number of amides is 1. The van der Waals surface area contributed by atoms with Gasteiger partial charge in [0.15, 0.2) is 10.9 Å². The van der Waals surface area contributed by atoms with Crippen molar-refractivity contribution in [1.82, 2.24) is 4.98 Å². The van der Waals surface area contributed by atoms with E-state index in [1.54, 1.807) is 16.2 Å². The molecule has 2 aromatic heterocycles. The summed E-state index contributed by atoms with van der Waals surface area (Å²) >= 11 is 1.54. The van der Waals surface area contributed by atoms with Crippen LogP contribution in [0.15, 0.2) is 46.9 Å². The van der Waals surface area contributed by atoms with Gasteiger partial charge in [0.05, 0.1) is 22.9 Å². The molecule has 5 rings (SSSR count). The molecule has 2 aromatic carbocycles. The molecule has 0 saturated carbocycles.